The van der Waals surface area contributed by atoms with E-state index in [0.717, 1.165) is 59.5 Å². The van der Waals surface area contributed by atoms with E-state index in [1.54, 1.807) is 11.3 Å². The van der Waals surface area contributed by atoms with Crippen molar-refractivity contribution in [2.45, 2.75) is 0 Å². The van der Waals surface area contributed by atoms with Gasteiger partial charge in [-0.1, -0.05) is 170 Å². The SMILES string of the molecule is c1ccc(-n2c3cccc(-c4ccc(-c5nc6cc(-c7ccc(-c8ccc9ccccc9c8)cc7)c7oc8ccccc8c7c6s5)cc4)c3c3ccc4ccccc4c32)cc1. The fourth-order valence-corrected chi connectivity index (χ4v) is 10.6. The van der Waals surface area contributed by atoms with Crippen LogP contribution in [0.2, 0.25) is 0 Å². The van der Waals surface area contributed by atoms with Crippen LogP contribution in [0.15, 0.2) is 211 Å². The first-order chi connectivity index (χ1) is 30.2. The first-order valence-corrected chi connectivity index (χ1v) is 21.5. The largest absolute Gasteiger partial charge is 0.455 e. The predicted molar refractivity (Wildman–Crippen MR) is 258 cm³/mol. The summed E-state index contributed by atoms with van der Waals surface area (Å²) >= 11 is 1.74. The number of hydrogen-bond acceptors (Lipinski definition) is 3. The van der Waals surface area contributed by atoms with Crippen LogP contribution in [-0.4, -0.2) is 9.55 Å². The van der Waals surface area contributed by atoms with Crippen LogP contribution in [-0.2, 0) is 0 Å². The normalized spacial score (nSPS) is 11.9. The summed E-state index contributed by atoms with van der Waals surface area (Å²) in [5, 5.41) is 10.7. The Balaban J connectivity index is 0.926. The molecule has 4 heteroatoms. The van der Waals surface area contributed by atoms with Gasteiger partial charge < -0.3 is 8.98 Å². The smallest absolute Gasteiger partial charge is 0.144 e. The summed E-state index contributed by atoms with van der Waals surface area (Å²) in [6.45, 7) is 0. The Kier molecular flexibility index (Phi) is 7.47. The Labute approximate surface area is 355 Å². The van der Waals surface area contributed by atoms with E-state index in [1.165, 1.54) is 65.6 Å². The van der Waals surface area contributed by atoms with Gasteiger partial charge in [-0.05, 0) is 80.4 Å². The van der Waals surface area contributed by atoms with Crippen LogP contribution in [0, 0.1) is 0 Å². The lowest BCUT2D eigenvalue weighted by Gasteiger charge is -2.10. The Morgan fingerprint density at radius 3 is 1.92 bits per heavy atom. The van der Waals surface area contributed by atoms with Crippen LogP contribution < -0.4 is 0 Å². The average Bonchev–Trinajstić information content (AvgIpc) is 4.04. The summed E-state index contributed by atoms with van der Waals surface area (Å²) in [7, 11) is 0. The molecule has 0 atom stereocenters. The van der Waals surface area contributed by atoms with Gasteiger partial charge in [0.05, 0.1) is 21.3 Å². The molecular weight excluding hydrogens is 761 g/mol. The molecule has 0 spiro atoms. The van der Waals surface area contributed by atoms with Crippen molar-refractivity contribution in [1.82, 2.24) is 9.55 Å². The van der Waals surface area contributed by atoms with Crippen LogP contribution in [0.25, 0.3) is 125 Å². The van der Waals surface area contributed by atoms with E-state index in [1.807, 2.05) is 6.07 Å². The molecular formula is C57H34N2OS. The second-order valence-corrected chi connectivity index (χ2v) is 16.9. The highest BCUT2D eigenvalue weighted by atomic mass is 32.1. The molecule has 3 heterocycles. The van der Waals surface area contributed by atoms with Crippen molar-refractivity contribution >= 4 is 86.8 Å². The number of nitrogens with zero attached hydrogens (tertiary/aromatic N) is 2. The van der Waals surface area contributed by atoms with Gasteiger partial charge in [-0.2, -0.15) is 0 Å². The lowest BCUT2D eigenvalue weighted by atomic mass is 9.97. The monoisotopic (exact) mass is 794 g/mol. The third-order valence-corrected chi connectivity index (χ3v) is 13.6. The third kappa shape index (κ3) is 5.33. The fourth-order valence-electron chi connectivity index (χ4n) is 9.53. The molecule has 0 saturated heterocycles. The number of furan rings is 1. The highest BCUT2D eigenvalue weighted by molar-refractivity contribution is 7.22. The van der Waals surface area contributed by atoms with Crippen molar-refractivity contribution in [3.8, 4) is 49.6 Å². The summed E-state index contributed by atoms with van der Waals surface area (Å²) in [6.07, 6.45) is 0. The molecule has 0 N–H and O–H groups in total. The standard InChI is InChI=1S/C57H34N2OS/c1-2-14-43(15-3-1)59-50-19-10-18-44(52(50)47-32-31-37-12-6-7-16-45(37)54(47)59)38-26-28-40(29-27-38)57-58-49-34-48(55-53(56(49)61-57)46-17-8-9-20-51(46)60-55)39-24-21-36(22-25-39)42-30-23-35-11-4-5-13-41(35)33-42/h1-34H. The maximum Gasteiger partial charge on any atom is 0.144 e. The van der Waals surface area contributed by atoms with Gasteiger partial charge in [0.2, 0.25) is 0 Å². The highest BCUT2D eigenvalue weighted by Crippen LogP contribution is 2.46. The highest BCUT2D eigenvalue weighted by Gasteiger charge is 2.21. The minimum Gasteiger partial charge on any atom is -0.455 e. The summed E-state index contributed by atoms with van der Waals surface area (Å²) in [5.41, 5.74) is 14.4. The maximum atomic E-state index is 6.69. The van der Waals surface area contributed by atoms with E-state index in [0.29, 0.717) is 0 Å². The zero-order valence-electron chi connectivity index (χ0n) is 32.8. The number of aromatic nitrogens is 2. The van der Waals surface area contributed by atoms with Gasteiger partial charge in [-0.25, -0.2) is 4.98 Å². The molecule has 10 aromatic carbocycles. The van der Waals surface area contributed by atoms with E-state index in [4.69, 9.17) is 9.40 Å². The van der Waals surface area contributed by atoms with Gasteiger partial charge in [0.15, 0.2) is 0 Å². The zero-order valence-corrected chi connectivity index (χ0v) is 33.7. The van der Waals surface area contributed by atoms with E-state index >= 15 is 0 Å². The molecule has 3 aromatic heterocycles. The van der Waals surface area contributed by atoms with E-state index in [2.05, 4.69) is 205 Å². The Morgan fingerprint density at radius 1 is 0.426 bits per heavy atom. The molecule has 0 aliphatic rings. The van der Waals surface area contributed by atoms with Gasteiger partial charge in [0, 0.05) is 43.7 Å². The Hall–Kier alpha value is -7.79. The van der Waals surface area contributed by atoms with Crippen molar-refractivity contribution in [1.29, 1.82) is 0 Å². The van der Waals surface area contributed by atoms with Crippen LogP contribution in [0.4, 0.5) is 0 Å². The number of hydrogen-bond donors (Lipinski definition) is 0. The Morgan fingerprint density at radius 2 is 1.08 bits per heavy atom. The third-order valence-electron chi connectivity index (χ3n) is 12.4. The van der Waals surface area contributed by atoms with Gasteiger partial charge in [-0.3, -0.25) is 0 Å². The molecule has 61 heavy (non-hydrogen) atoms. The van der Waals surface area contributed by atoms with Crippen molar-refractivity contribution in [3.05, 3.63) is 206 Å². The first-order valence-electron chi connectivity index (χ1n) is 20.7. The van der Waals surface area contributed by atoms with Crippen LogP contribution in [0.5, 0.6) is 0 Å². The van der Waals surface area contributed by atoms with Gasteiger partial charge >= 0.3 is 0 Å². The number of thiazole rings is 1. The first kappa shape index (κ1) is 34.1. The molecule has 13 aromatic rings. The topological polar surface area (TPSA) is 31.0 Å². The predicted octanol–water partition coefficient (Wildman–Crippen LogP) is 16.3. The minimum absolute atomic E-state index is 0.883. The molecule has 13 rings (SSSR count). The summed E-state index contributed by atoms with van der Waals surface area (Å²) in [4.78, 5) is 5.33. The molecule has 0 aliphatic heterocycles. The number of benzene rings is 10. The molecule has 0 unspecified atom stereocenters. The van der Waals surface area contributed by atoms with Crippen molar-refractivity contribution in [2.24, 2.45) is 0 Å². The van der Waals surface area contributed by atoms with Gasteiger partial charge in [-0.15, -0.1) is 11.3 Å². The molecule has 0 amide bonds. The molecule has 0 radical (unpaired) electrons. The summed E-state index contributed by atoms with van der Waals surface area (Å²) in [5.74, 6) is 0. The molecule has 3 nitrogen and oxygen atoms in total. The van der Waals surface area contributed by atoms with Crippen molar-refractivity contribution < 1.29 is 4.42 Å². The zero-order chi connectivity index (χ0) is 40.0. The lowest BCUT2D eigenvalue weighted by Crippen LogP contribution is -1.94. The molecule has 0 fully saturated rings. The number of fused-ring (bicyclic) bond motifs is 11. The minimum atomic E-state index is 0.883. The quantitative estimate of drug-likeness (QED) is 0.174. The van der Waals surface area contributed by atoms with Gasteiger partial charge in [0.25, 0.3) is 0 Å². The fraction of sp³-hybridized carbons (Fsp3) is 0. The Bertz CT molecular complexity index is 3850. The van der Waals surface area contributed by atoms with Crippen LogP contribution >= 0.6 is 11.3 Å². The van der Waals surface area contributed by atoms with Crippen LogP contribution in [0.1, 0.15) is 0 Å². The van der Waals surface area contributed by atoms with E-state index in [9.17, 15) is 0 Å². The second-order valence-electron chi connectivity index (χ2n) is 15.9. The van der Waals surface area contributed by atoms with Crippen LogP contribution in [0.3, 0.4) is 0 Å². The number of para-hydroxylation sites is 2. The number of rotatable bonds is 5. The summed E-state index contributed by atoms with van der Waals surface area (Å²) in [6, 6.07) is 74.3. The summed E-state index contributed by atoms with van der Waals surface area (Å²) < 4.78 is 10.3. The van der Waals surface area contributed by atoms with E-state index < -0.39 is 0 Å². The second kappa shape index (κ2) is 13.4. The van der Waals surface area contributed by atoms with E-state index in [-0.39, 0.29) is 0 Å². The molecule has 0 saturated carbocycles. The molecule has 284 valence electrons. The van der Waals surface area contributed by atoms with Gasteiger partial charge in [0.1, 0.15) is 16.2 Å². The average molecular weight is 795 g/mol. The molecule has 0 aliphatic carbocycles. The van der Waals surface area contributed by atoms with Crippen molar-refractivity contribution in [2.75, 3.05) is 0 Å². The lowest BCUT2D eigenvalue weighted by molar-refractivity contribution is 0.670. The maximum absolute atomic E-state index is 6.69. The molecule has 0 bridgehead atoms. The van der Waals surface area contributed by atoms with Crippen molar-refractivity contribution in [3.63, 3.8) is 0 Å².